The molecule has 1 amide bonds. The number of furan rings is 1. The Kier molecular flexibility index (Phi) is 6.58. The van der Waals surface area contributed by atoms with Crippen LogP contribution in [0, 0.1) is 10.1 Å². The summed E-state index contributed by atoms with van der Waals surface area (Å²) in [5, 5.41) is 16.3. The molecule has 0 saturated heterocycles. The van der Waals surface area contributed by atoms with Crippen molar-refractivity contribution < 1.29 is 18.9 Å². The molecule has 0 aliphatic rings. The third-order valence-corrected chi connectivity index (χ3v) is 5.21. The summed E-state index contributed by atoms with van der Waals surface area (Å²) in [6.45, 7) is 0.221. The predicted molar refractivity (Wildman–Crippen MR) is 125 cm³/mol. The molecule has 0 aliphatic heterocycles. The van der Waals surface area contributed by atoms with Crippen LogP contribution in [-0.2, 0) is 6.61 Å². The molecule has 1 N–H and O–H groups in total. The van der Waals surface area contributed by atoms with Crippen molar-refractivity contribution in [1.82, 2.24) is 5.43 Å². The van der Waals surface area contributed by atoms with Crippen molar-refractivity contribution in [2.45, 2.75) is 6.61 Å². The molecule has 0 spiro atoms. The number of rotatable bonds is 7. The van der Waals surface area contributed by atoms with Crippen molar-refractivity contribution in [2.75, 3.05) is 0 Å². The summed E-state index contributed by atoms with van der Waals surface area (Å²) >= 11 is 12.1. The molecule has 0 saturated carbocycles. The number of ether oxygens (including phenoxy) is 1. The van der Waals surface area contributed by atoms with Gasteiger partial charge < -0.3 is 9.15 Å². The lowest BCUT2D eigenvalue weighted by molar-refractivity contribution is -0.384. The predicted octanol–water partition coefficient (Wildman–Crippen LogP) is 5.99. The van der Waals surface area contributed by atoms with Crippen molar-refractivity contribution in [3.8, 4) is 5.75 Å². The van der Waals surface area contributed by atoms with Crippen LogP contribution < -0.4 is 10.2 Å². The van der Waals surface area contributed by atoms with Gasteiger partial charge in [-0.3, -0.25) is 14.9 Å². The second-order valence-corrected chi connectivity index (χ2v) is 7.69. The zero-order chi connectivity index (χ0) is 23.4. The number of amides is 1. The van der Waals surface area contributed by atoms with Crippen LogP contribution in [0.25, 0.3) is 11.0 Å². The van der Waals surface area contributed by atoms with E-state index in [0.717, 1.165) is 5.56 Å². The van der Waals surface area contributed by atoms with Gasteiger partial charge in [-0.1, -0.05) is 41.4 Å². The molecule has 0 fully saturated rings. The molecular weight excluding hydrogens is 469 g/mol. The first-order valence-corrected chi connectivity index (χ1v) is 10.3. The zero-order valence-corrected chi connectivity index (χ0v) is 18.3. The van der Waals surface area contributed by atoms with Gasteiger partial charge in [-0.25, -0.2) is 5.43 Å². The number of carbonyl (C=O) groups excluding carboxylic acids is 1. The summed E-state index contributed by atoms with van der Waals surface area (Å²) in [6, 6.07) is 17.8. The molecule has 3 aromatic carbocycles. The molecule has 8 nitrogen and oxygen atoms in total. The fourth-order valence-corrected chi connectivity index (χ4v) is 3.45. The number of hydrazone groups is 1. The van der Waals surface area contributed by atoms with E-state index in [1.54, 1.807) is 36.4 Å². The summed E-state index contributed by atoms with van der Waals surface area (Å²) < 4.78 is 11.3. The lowest BCUT2D eigenvalue weighted by Gasteiger charge is -2.10. The molecule has 166 valence electrons. The number of nitrogens with zero attached hydrogens (tertiary/aromatic N) is 2. The van der Waals surface area contributed by atoms with Crippen molar-refractivity contribution in [3.63, 3.8) is 0 Å². The summed E-state index contributed by atoms with van der Waals surface area (Å²) in [5.74, 6) is -0.0847. The van der Waals surface area contributed by atoms with Gasteiger partial charge in [0.2, 0.25) is 0 Å². The Morgan fingerprint density at radius 1 is 1.12 bits per heavy atom. The Bertz CT molecular complexity index is 1380. The Morgan fingerprint density at radius 2 is 1.94 bits per heavy atom. The minimum Gasteiger partial charge on any atom is -0.488 e. The number of nitro groups is 1. The van der Waals surface area contributed by atoms with Gasteiger partial charge >= 0.3 is 5.91 Å². The summed E-state index contributed by atoms with van der Waals surface area (Å²) in [7, 11) is 0. The zero-order valence-electron chi connectivity index (χ0n) is 16.8. The van der Waals surface area contributed by atoms with Crippen molar-refractivity contribution >= 4 is 52.0 Å². The highest BCUT2D eigenvalue weighted by molar-refractivity contribution is 6.35. The first-order chi connectivity index (χ1) is 15.9. The van der Waals surface area contributed by atoms with Crippen LogP contribution in [0.2, 0.25) is 10.0 Å². The van der Waals surface area contributed by atoms with Crippen LogP contribution in [0.4, 0.5) is 5.69 Å². The molecule has 0 bridgehead atoms. The Morgan fingerprint density at radius 3 is 2.73 bits per heavy atom. The highest BCUT2D eigenvalue weighted by Crippen LogP contribution is 2.25. The summed E-state index contributed by atoms with van der Waals surface area (Å²) in [5.41, 5.74) is 4.03. The number of non-ortho nitro benzene ring substituents is 1. The van der Waals surface area contributed by atoms with Crippen LogP contribution in [0.3, 0.4) is 0 Å². The van der Waals surface area contributed by atoms with Gasteiger partial charge in [0.15, 0.2) is 5.76 Å². The standard InChI is InChI=1S/C23H15Cl2N3O5/c24-17-6-5-15(19(25)11-17)13-32-20-4-2-1-3-14(20)12-26-27-23(29)22-10-16-9-18(28(30)31)7-8-21(16)33-22/h1-12H,13H2,(H,27,29)/b26-12-. The summed E-state index contributed by atoms with van der Waals surface area (Å²) in [6.07, 6.45) is 1.43. The van der Waals surface area contributed by atoms with Crippen LogP contribution in [0.15, 0.2) is 76.2 Å². The van der Waals surface area contributed by atoms with E-state index in [1.165, 1.54) is 30.5 Å². The van der Waals surface area contributed by atoms with E-state index >= 15 is 0 Å². The lowest BCUT2D eigenvalue weighted by atomic mass is 10.2. The first-order valence-electron chi connectivity index (χ1n) is 9.58. The van der Waals surface area contributed by atoms with Crippen molar-refractivity contribution in [3.05, 3.63) is 104 Å². The van der Waals surface area contributed by atoms with E-state index in [4.69, 9.17) is 32.4 Å². The second-order valence-electron chi connectivity index (χ2n) is 6.85. The number of nitrogens with one attached hydrogen (secondary N) is 1. The third-order valence-electron chi connectivity index (χ3n) is 4.62. The number of carbonyl (C=O) groups is 1. The van der Waals surface area contributed by atoms with E-state index in [2.05, 4.69) is 10.5 Å². The number of nitro benzene ring substituents is 1. The number of para-hydroxylation sites is 1. The fraction of sp³-hybridized carbons (Fsp3) is 0.0435. The number of hydrogen-bond donors (Lipinski definition) is 1. The maximum atomic E-state index is 12.4. The van der Waals surface area contributed by atoms with E-state index in [0.29, 0.717) is 32.3 Å². The largest absolute Gasteiger partial charge is 0.488 e. The average molecular weight is 484 g/mol. The molecule has 4 aromatic rings. The molecular formula is C23H15Cl2N3O5. The second kappa shape index (κ2) is 9.72. The molecule has 1 aromatic heterocycles. The Balaban J connectivity index is 1.43. The lowest BCUT2D eigenvalue weighted by Crippen LogP contribution is -2.16. The third kappa shape index (κ3) is 5.31. The van der Waals surface area contributed by atoms with Gasteiger partial charge in [-0.15, -0.1) is 0 Å². The molecule has 0 aliphatic carbocycles. The maximum Gasteiger partial charge on any atom is 0.307 e. The minimum absolute atomic E-state index is 0.0236. The van der Waals surface area contributed by atoms with E-state index in [1.807, 2.05) is 6.07 Å². The molecule has 33 heavy (non-hydrogen) atoms. The normalized spacial score (nSPS) is 11.1. The monoisotopic (exact) mass is 483 g/mol. The van der Waals surface area contributed by atoms with Gasteiger partial charge in [0, 0.05) is 38.7 Å². The topological polar surface area (TPSA) is 107 Å². The Hall–Kier alpha value is -3.88. The molecule has 0 unspecified atom stereocenters. The SMILES string of the molecule is O=C(N/N=C\c1ccccc1OCc1ccc(Cl)cc1Cl)c1cc2cc([N+](=O)[O-])ccc2o1. The van der Waals surface area contributed by atoms with E-state index in [9.17, 15) is 14.9 Å². The molecule has 1 heterocycles. The molecule has 10 heteroatoms. The highest BCUT2D eigenvalue weighted by Gasteiger charge is 2.14. The quantitative estimate of drug-likeness (QED) is 0.197. The van der Waals surface area contributed by atoms with Gasteiger partial charge in [-0.2, -0.15) is 5.10 Å². The van der Waals surface area contributed by atoms with Crippen LogP contribution in [-0.4, -0.2) is 17.0 Å². The highest BCUT2D eigenvalue weighted by atomic mass is 35.5. The number of halogens is 2. The smallest absolute Gasteiger partial charge is 0.307 e. The van der Waals surface area contributed by atoms with Gasteiger partial charge in [0.25, 0.3) is 5.69 Å². The van der Waals surface area contributed by atoms with Gasteiger partial charge in [0.1, 0.15) is 17.9 Å². The van der Waals surface area contributed by atoms with Crippen LogP contribution in [0.1, 0.15) is 21.7 Å². The first kappa shape index (κ1) is 22.3. The van der Waals surface area contributed by atoms with Crippen LogP contribution in [0.5, 0.6) is 5.75 Å². The Labute approximate surface area is 197 Å². The average Bonchev–Trinajstić information content (AvgIpc) is 3.23. The number of fused-ring (bicyclic) bond motifs is 1. The number of hydrogen-bond acceptors (Lipinski definition) is 6. The maximum absolute atomic E-state index is 12.4. The van der Waals surface area contributed by atoms with E-state index < -0.39 is 10.8 Å². The van der Waals surface area contributed by atoms with Crippen LogP contribution >= 0.6 is 23.2 Å². The van der Waals surface area contributed by atoms with Gasteiger partial charge in [-0.05, 0) is 36.4 Å². The van der Waals surface area contributed by atoms with Crippen molar-refractivity contribution in [2.24, 2.45) is 5.10 Å². The molecule has 0 radical (unpaired) electrons. The van der Waals surface area contributed by atoms with Crippen molar-refractivity contribution in [1.29, 1.82) is 0 Å². The summed E-state index contributed by atoms with van der Waals surface area (Å²) in [4.78, 5) is 22.8. The minimum atomic E-state index is -0.601. The fourth-order valence-electron chi connectivity index (χ4n) is 2.98. The number of benzene rings is 3. The molecule has 0 atom stereocenters. The van der Waals surface area contributed by atoms with Gasteiger partial charge in [0.05, 0.1) is 11.1 Å². The van der Waals surface area contributed by atoms with E-state index in [-0.39, 0.29) is 18.1 Å². The molecule has 4 rings (SSSR count).